The average molecular weight is 404 g/mol. The number of carbonyl (C=O) groups is 3. The molecular weight excluding hydrogens is 370 g/mol. The summed E-state index contributed by atoms with van der Waals surface area (Å²) in [6, 6.07) is 7.26. The van der Waals surface area contributed by atoms with Gasteiger partial charge in [0.05, 0.1) is 0 Å². The lowest BCUT2D eigenvalue weighted by Gasteiger charge is -2.20. The topological polar surface area (TPSA) is 96.5 Å². The van der Waals surface area contributed by atoms with Gasteiger partial charge in [0.2, 0.25) is 11.8 Å². The lowest BCUT2D eigenvalue weighted by Crippen LogP contribution is -2.37. The number of alkyl carbamates (subject to hydrolysis) is 1. The standard InChI is InChI=1S/C22H33N3O4/c1-22(2,3)29-21(28)24-15-20(27)25-18-11-9-17(10-12-18)14-23-19(26)13-16-7-5-4-6-8-16/h9-12,16H,4-8,13-15H2,1-3H3,(H,23,26)(H,24,28)(H,25,27). The summed E-state index contributed by atoms with van der Waals surface area (Å²) >= 11 is 0. The van der Waals surface area contributed by atoms with Crippen molar-refractivity contribution in [2.45, 2.75) is 71.4 Å². The summed E-state index contributed by atoms with van der Waals surface area (Å²) in [6.07, 6.45) is 6.05. The van der Waals surface area contributed by atoms with E-state index >= 15 is 0 Å². The van der Waals surface area contributed by atoms with Crippen LogP contribution < -0.4 is 16.0 Å². The number of hydrogen-bond acceptors (Lipinski definition) is 4. The Hall–Kier alpha value is -2.57. The minimum Gasteiger partial charge on any atom is -0.444 e. The molecule has 0 heterocycles. The van der Waals surface area contributed by atoms with Crippen LogP contribution in [-0.4, -0.2) is 30.1 Å². The second-order valence-corrected chi connectivity index (χ2v) is 8.59. The van der Waals surface area contributed by atoms with Crippen molar-refractivity contribution in [3.05, 3.63) is 29.8 Å². The third-order valence-electron chi connectivity index (χ3n) is 4.72. The lowest BCUT2D eigenvalue weighted by molar-refractivity contribution is -0.122. The number of carbonyl (C=O) groups excluding carboxylic acids is 3. The molecule has 1 aromatic carbocycles. The Morgan fingerprint density at radius 2 is 1.62 bits per heavy atom. The number of nitrogens with one attached hydrogen (secondary N) is 3. The van der Waals surface area contributed by atoms with Gasteiger partial charge in [0, 0.05) is 18.7 Å². The molecule has 3 N–H and O–H groups in total. The van der Waals surface area contributed by atoms with Gasteiger partial charge in [-0.2, -0.15) is 0 Å². The molecule has 0 spiro atoms. The molecule has 3 amide bonds. The minimum atomic E-state index is -0.632. The van der Waals surface area contributed by atoms with Crippen LogP contribution in [0.15, 0.2) is 24.3 Å². The zero-order valence-electron chi connectivity index (χ0n) is 17.7. The second kappa shape index (κ2) is 10.8. The van der Waals surface area contributed by atoms with E-state index in [2.05, 4.69) is 16.0 Å². The molecule has 2 rings (SSSR count). The summed E-state index contributed by atoms with van der Waals surface area (Å²) in [5, 5.41) is 8.10. The number of rotatable bonds is 7. The maximum absolute atomic E-state index is 12.1. The number of anilines is 1. The van der Waals surface area contributed by atoms with Crippen molar-refractivity contribution in [3.63, 3.8) is 0 Å². The van der Waals surface area contributed by atoms with E-state index in [0.29, 0.717) is 24.6 Å². The van der Waals surface area contributed by atoms with Gasteiger partial charge in [-0.05, 0) is 57.2 Å². The maximum Gasteiger partial charge on any atom is 0.408 e. The van der Waals surface area contributed by atoms with Gasteiger partial charge < -0.3 is 20.7 Å². The molecule has 0 unspecified atom stereocenters. The van der Waals surface area contributed by atoms with E-state index in [4.69, 9.17) is 4.74 Å². The molecule has 29 heavy (non-hydrogen) atoms. The van der Waals surface area contributed by atoms with E-state index in [-0.39, 0.29) is 18.4 Å². The van der Waals surface area contributed by atoms with E-state index in [9.17, 15) is 14.4 Å². The van der Waals surface area contributed by atoms with Crippen molar-refractivity contribution < 1.29 is 19.1 Å². The van der Waals surface area contributed by atoms with Crippen molar-refractivity contribution in [1.82, 2.24) is 10.6 Å². The van der Waals surface area contributed by atoms with E-state index in [0.717, 1.165) is 18.4 Å². The fraction of sp³-hybridized carbons (Fsp3) is 0.591. The fourth-order valence-electron chi connectivity index (χ4n) is 3.30. The third kappa shape index (κ3) is 9.45. The number of ether oxygens (including phenoxy) is 1. The van der Waals surface area contributed by atoms with Gasteiger partial charge in [0.25, 0.3) is 0 Å². The van der Waals surface area contributed by atoms with Gasteiger partial charge in [-0.3, -0.25) is 9.59 Å². The summed E-state index contributed by atoms with van der Waals surface area (Å²) < 4.78 is 5.08. The van der Waals surface area contributed by atoms with Crippen LogP contribution in [-0.2, 0) is 20.9 Å². The first-order chi connectivity index (χ1) is 13.7. The fourth-order valence-corrected chi connectivity index (χ4v) is 3.30. The molecule has 7 heteroatoms. The molecule has 0 atom stereocenters. The van der Waals surface area contributed by atoms with E-state index in [1.807, 2.05) is 12.1 Å². The highest BCUT2D eigenvalue weighted by Gasteiger charge is 2.17. The number of hydrogen-bond donors (Lipinski definition) is 3. The van der Waals surface area contributed by atoms with Gasteiger partial charge in [0.15, 0.2) is 0 Å². The molecule has 0 bridgehead atoms. The predicted octanol–water partition coefficient (Wildman–Crippen LogP) is 3.74. The zero-order chi connectivity index (χ0) is 21.3. The SMILES string of the molecule is CC(C)(C)OC(=O)NCC(=O)Nc1ccc(CNC(=O)CC2CCCCC2)cc1. The molecule has 0 aromatic heterocycles. The first kappa shape index (κ1) is 22.7. The quantitative estimate of drug-likeness (QED) is 0.646. The minimum absolute atomic E-state index is 0.0995. The van der Waals surface area contributed by atoms with Crippen molar-refractivity contribution in [3.8, 4) is 0 Å². The van der Waals surface area contributed by atoms with Crippen LogP contribution >= 0.6 is 0 Å². The molecule has 0 saturated heterocycles. The Kier molecular flexibility index (Phi) is 8.49. The van der Waals surface area contributed by atoms with Crippen LogP contribution in [0.2, 0.25) is 0 Å². The molecular formula is C22H33N3O4. The first-order valence-electron chi connectivity index (χ1n) is 10.3. The van der Waals surface area contributed by atoms with E-state index in [1.165, 1.54) is 19.3 Å². The van der Waals surface area contributed by atoms with Crippen LogP contribution in [0.4, 0.5) is 10.5 Å². The van der Waals surface area contributed by atoms with Crippen molar-refractivity contribution in [2.75, 3.05) is 11.9 Å². The summed E-state index contributed by atoms with van der Waals surface area (Å²) in [4.78, 5) is 35.6. The largest absolute Gasteiger partial charge is 0.444 e. The molecule has 1 fully saturated rings. The molecule has 1 saturated carbocycles. The van der Waals surface area contributed by atoms with Gasteiger partial charge in [-0.25, -0.2) is 4.79 Å². The Morgan fingerprint density at radius 3 is 2.24 bits per heavy atom. The summed E-state index contributed by atoms with van der Waals surface area (Å²) in [5.41, 5.74) is 0.979. The molecule has 0 aliphatic heterocycles. The maximum atomic E-state index is 12.1. The van der Waals surface area contributed by atoms with E-state index < -0.39 is 11.7 Å². The molecule has 1 aromatic rings. The first-order valence-corrected chi connectivity index (χ1v) is 10.3. The lowest BCUT2D eigenvalue weighted by atomic mass is 9.87. The molecule has 0 radical (unpaired) electrons. The Balaban J connectivity index is 1.68. The molecule has 160 valence electrons. The van der Waals surface area contributed by atoms with Gasteiger partial charge in [-0.1, -0.05) is 31.4 Å². The summed E-state index contributed by atoms with van der Waals surface area (Å²) in [5.74, 6) is 0.280. The highest BCUT2D eigenvalue weighted by molar-refractivity contribution is 5.93. The van der Waals surface area contributed by atoms with Crippen molar-refractivity contribution >= 4 is 23.6 Å². The number of benzene rings is 1. The smallest absolute Gasteiger partial charge is 0.408 e. The van der Waals surface area contributed by atoms with Crippen LogP contribution in [0.3, 0.4) is 0 Å². The average Bonchev–Trinajstić information content (AvgIpc) is 2.65. The molecule has 7 nitrogen and oxygen atoms in total. The van der Waals surface area contributed by atoms with Crippen LogP contribution in [0.1, 0.15) is 64.9 Å². The van der Waals surface area contributed by atoms with Gasteiger partial charge in [0.1, 0.15) is 12.1 Å². The van der Waals surface area contributed by atoms with Gasteiger partial charge in [-0.15, -0.1) is 0 Å². The zero-order valence-corrected chi connectivity index (χ0v) is 17.7. The Morgan fingerprint density at radius 1 is 0.966 bits per heavy atom. The predicted molar refractivity (Wildman–Crippen MR) is 112 cm³/mol. The summed E-state index contributed by atoms with van der Waals surface area (Å²) in [7, 11) is 0. The Bertz CT molecular complexity index is 689. The summed E-state index contributed by atoms with van der Waals surface area (Å²) in [6.45, 7) is 5.57. The Labute approximate surface area is 173 Å². The van der Waals surface area contributed by atoms with Crippen LogP contribution in [0, 0.1) is 5.92 Å². The highest BCUT2D eigenvalue weighted by Crippen LogP contribution is 2.26. The third-order valence-corrected chi connectivity index (χ3v) is 4.72. The highest BCUT2D eigenvalue weighted by atomic mass is 16.6. The monoisotopic (exact) mass is 403 g/mol. The molecule has 1 aliphatic carbocycles. The van der Waals surface area contributed by atoms with E-state index in [1.54, 1.807) is 32.9 Å². The normalized spacial score (nSPS) is 14.7. The van der Waals surface area contributed by atoms with Gasteiger partial charge >= 0.3 is 6.09 Å². The second-order valence-electron chi connectivity index (χ2n) is 8.59. The van der Waals surface area contributed by atoms with Crippen molar-refractivity contribution in [2.24, 2.45) is 5.92 Å². The van der Waals surface area contributed by atoms with Crippen molar-refractivity contribution in [1.29, 1.82) is 0 Å². The van der Waals surface area contributed by atoms with Crippen LogP contribution in [0.25, 0.3) is 0 Å². The molecule has 1 aliphatic rings. The number of amides is 3. The van der Waals surface area contributed by atoms with Crippen LogP contribution in [0.5, 0.6) is 0 Å².